The molecule has 0 saturated heterocycles. The summed E-state index contributed by atoms with van der Waals surface area (Å²) in [6, 6.07) is 11.4. The summed E-state index contributed by atoms with van der Waals surface area (Å²) in [5, 5.41) is 1.27. The van der Waals surface area contributed by atoms with E-state index >= 15 is 0 Å². The van der Waals surface area contributed by atoms with Gasteiger partial charge in [0.2, 0.25) is 0 Å². The molecular weight excluding hydrogens is 241 g/mol. The normalized spacial score (nSPS) is 10.4. The predicted octanol–water partition coefficient (Wildman–Crippen LogP) is 4.55. The Morgan fingerprint density at radius 3 is 2.38 bits per heavy atom. The fraction of sp³-hybridized carbons (Fsp3) is 0.0769. The van der Waals surface area contributed by atoms with E-state index in [1.54, 1.807) is 6.07 Å². The third kappa shape index (κ3) is 2.16. The first-order valence-corrected chi connectivity index (χ1v) is 5.65. The highest BCUT2D eigenvalue weighted by molar-refractivity contribution is 6.36. The van der Waals surface area contributed by atoms with Gasteiger partial charge in [0.1, 0.15) is 0 Å². The summed E-state index contributed by atoms with van der Waals surface area (Å²) < 4.78 is 0. The van der Waals surface area contributed by atoms with Gasteiger partial charge in [0.25, 0.3) is 0 Å². The van der Waals surface area contributed by atoms with Crippen LogP contribution < -0.4 is 5.73 Å². The summed E-state index contributed by atoms with van der Waals surface area (Å²) in [5.41, 5.74) is 9.65. The van der Waals surface area contributed by atoms with E-state index in [9.17, 15) is 0 Å². The summed E-state index contributed by atoms with van der Waals surface area (Å²) in [5.74, 6) is 0. The van der Waals surface area contributed by atoms with Crippen LogP contribution in [0.5, 0.6) is 0 Å². The molecule has 82 valence electrons. The number of hydrogen-bond donors (Lipinski definition) is 1. The van der Waals surface area contributed by atoms with Gasteiger partial charge < -0.3 is 5.73 Å². The Hall–Kier alpha value is -1.18. The Balaban J connectivity index is 2.54. The SMILES string of the molecule is Cc1ccc(-c2ccc(Cl)cc2Cl)cc1N. The molecule has 3 heteroatoms. The number of nitrogen functional groups attached to an aromatic ring is 1. The summed E-state index contributed by atoms with van der Waals surface area (Å²) in [6.07, 6.45) is 0. The number of halogens is 2. The molecule has 0 unspecified atom stereocenters. The van der Waals surface area contributed by atoms with E-state index in [0.29, 0.717) is 10.0 Å². The molecular formula is C13H11Cl2N. The molecule has 0 amide bonds. The summed E-state index contributed by atoms with van der Waals surface area (Å²) in [7, 11) is 0. The molecule has 1 nitrogen and oxygen atoms in total. The maximum Gasteiger partial charge on any atom is 0.0499 e. The molecule has 0 aliphatic heterocycles. The average Bonchev–Trinajstić information content (AvgIpc) is 2.22. The first kappa shape index (κ1) is 11.3. The van der Waals surface area contributed by atoms with Gasteiger partial charge >= 0.3 is 0 Å². The zero-order valence-corrected chi connectivity index (χ0v) is 10.3. The van der Waals surface area contributed by atoms with Crippen LogP contribution in [-0.2, 0) is 0 Å². The molecule has 2 N–H and O–H groups in total. The van der Waals surface area contributed by atoms with Gasteiger partial charge in [-0.25, -0.2) is 0 Å². The molecule has 0 fully saturated rings. The molecule has 0 saturated carbocycles. The number of hydrogen-bond acceptors (Lipinski definition) is 1. The maximum absolute atomic E-state index is 6.13. The van der Waals surface area contributed by atoms with Crippen molar-refractivity contribution in [2.24, 2.45) is 0 Å². The third-order valence-corrected chi connectivity index (χ3v) is 3.07. The van der Waals surface area contributed by atoms with Crippen LogP contribution in [0.15, 0.2) is 36.4 Å². The lowest BCUT2D eigenvalue weighted by molar-refractivity contribution is 1.47. The Bertz CT molecular complexity index is 535. The molecule has 2 rings (SSSR count). The van der Waals surface area contributed by atoms with E-state index in [1.807, 2.05) is 37.3 Å². The van der Waals surface area contributed by atoms with Gasteiger partial charge in [-0.1, -0.05) is 41.4 Å². The molecule has 0 atom stereocenters. The van der Waals surface area contributed by atoms with Crippen molar-refractivity contribution in [3.63, 3.8) is 0 Å². The lowest BCUT2D eigenvalue weighted by atomic mass is 10.0. The minimum Gasteiger partial charge on any atom is -0.398 e. The highest BCUT2D eigenvalue weighted by Gasteiger charge is 2.05. The highest BCUT2D eigenvalue weighted by atomic mass is 35.5. The van der Waals surface area contributed by atoms with Crippen LogP contribution in [0.1, 0.15) is 5.56 Å². The number of rotatable bonds is 1. The average molecular weight is 252 g/mol. The van der Waals surface area contributed by atoms with Crippen LogP contribution in [0.4, 0.5) is 5.69 Å². The van der Waals surface area contributed by atoms with E-state index in [0.717, 1.165) is 22.4 Å². The van der Waals surface area contributed by atoms with Gasteiger partial charge in [0.05, 0.1) is 0 Å². The van der Waals surface area contributed by atoms with Gasteiger partial charge in [0.15, 0.2) is 0 Å². The molecule has 2 aromatic rings. The molecule has 0 aromatic heterocycles. The van der Waals surface area contributed by atoms with Crippen LogP contribution in [0, 0.1) is 6.92 Å². The van der Waals surface area contributed by atoms with Gasteiger partial charge in [-0.15, -0.1) is 0 Å². The van der Waals surface area contributed by atoms with Gasteiger partial charge in [0, 0.05) is 21.3 Å². The lowest BCUT2D eigenvalue weighted by Crippen LogP contribution is -1.90. The minimum absolute atomic E-state index is 0.633. The van der Waals surface area contributed by atoms with Crippen LogP contribution in [0.2, 0.25) is 10.0 Å². The molecule has 0 aliphatic rings. The zero-order chi connectivity index (χ0) is 11.7. The lowest BCUT2D eigenvalue weighted by Gasteiger charge is -2.07. The maximum atomic E-state index is 6.13. The Morgan fingerprint density at radius 2 is 1.75 bits per heavy atom. The van der Waals surface area contributed by atoms with Crippen LogP contribution in [-0.4, -0.2) is 0 Å². The van der Waals surface area contributed by atoms with Gasteiger partial charge in [-0.3, -0.25) is 0 Å². The number of nitrogens with two attached hydrogens (primary N) is 1. The second-order valence-corrected chi connectivity index (χ2v) is 4.54. The summed E-state index contributed by atoms with van der Waals surface area (Å²) >= 11 is 12.0. The van der Waals surface area contributed by atoms with Crippen molar-refractivity contribution < 1.29 is 0 Å². The Labute approximate surface area is 105 Å². The molecule has 0 bridgehead atoms. The third-order valence-electron chi connectivity index (χ3n) is 2.52. The van der Waals surface area contributed by atoms with E-state index in [2.05, 4.69) is 0 Å². The standard InChI is InChI=1S/C13H11Cl2N/c1-8-2-3-9(6-13(8)16)11-5-4-10(14)7-12(11)15/h2-7H,16H2,1H3. The van der Waals surface area contributed by atoms with Crippen molar-refractivity contribution in [2.75, 3.05) is 5.73 Å². The fourth-order valence-electron chi connectivity index (χ4n) is 1.53. The van der Waals surface area contributed by atoms with Gasteiger partial charge in [-0.05, 0) is 36.2 Å². The Morgan fingerprint density at radius 1 is 1.00 bits per heavy atom. The molecule has 0 aliphatic carbocycles. The zero-order valence-electron chi connectivity index (χ0n) is 8.80. The van der Waals surface area contributed by atoms with E-state index < -0.39 is 0 Å². The number of anilines is 1. The van der Waals surface area contributed by atoms with Crippen molar-refractivity contribution in [1.29, 1.82) is 0 Å². The van der Waals surface area contributed by atoms with Crippen molar-refractivity contribution >= 4 is 28.9 Å². The van der Waals surface area contributed by atoms with Crippen molar-refractivity contribution in [3.05, 3.63) is 52.0 Å². The largest absolute Gasteiger partial charge is 0.398 e. The molecule has 0 spiro atoms. The summed E-state index contributed by atoms with van der Waals surface area (Å²) in [6.45, 7) is 1.97. The molecule has 2 aromatic carbocycles. The van der Waals surface area contributed by atoms with Gasteiger partial charge in [-0.2, -0.15) is 0 Å². The smallest absolute Gasteiger partial charge is 0.0499 e. The quantitative estimate of drug-likeness (QED) is 0.740. The van der Waals surface area contributed by atoms with Crippen molar-refractivity contribution in [3.8, 4) is 11.1 Å². The Kier molecular flexibility index (Phi) is 3.08. The van der Waals surface area contributed by atoms with E-state index in [-0.39, 0.29) is 0 Å². The molecule has 0 heterocycles. The van der Waals surface area contributed by atoms with Crippen molar-refractivity contribution in [2.45, 2.75) is 6.92 Å². The number of benzene rings is 2. The van der Waals surface area contributed by atoms with Crippen LogP contribution in [0.3, 0.4) is 0 Å². The van der Waals surface area contributed by atoms with Crippen molar-refractivity contribution in [1.82, 2.24) is 0 Å². The first-order chi connectivity index (χ1) is 7.58. The summed E-state index contributed by atoms with van der Waals surface area (Å²) in [4.78, 5) is 0. The second kappa shape index (κ2) is 4.36. The first-order valence-electron chi connectivity index (χ1n) is 4.89. The highest BCUT2D eigenvalue weighted by Crippen LogP contribution is 2.31. The van der Waals surface area contributed by atoms with E-state index in [1.165, 1.54) is 0 Å². The molecule has 0 radical (unpaired) electrons. The molecule has 16 heavy (non-hydrogen) atoms. The minimum atomic E-state index is 0.633. The van der Waals surface area contributed by atoms with E-state index in [4.69, 9.17) is 28.9 Å². The predicted molar refractivity (Wildman–Crippen MR) is 71.0 cm³/mol. The second-order valence-electron chi connectivity index (χ2n) is 3.70. The topological polar surface area (TPSA) is 26.0 Å². The monoisotopic (exact) mass is 251 g/mol. The number of aryl methyl sites for hydroxylation is 1. The fourth-order valence-corrected chi connectivity index (χ4v) is 2.05. The van der Waals surface area contributed by atoms with Crippen LogP contribution >= 0.6 is 23.2 Å². The van der Waals surface area contributed by atoms with Crippen LogP contribution in [0.25, 0.3) is 11.1 Å².